The molecule has 134 valence electrons. The number of allylic oxidation sites excluding steroid dienone is 2. The van der Waals surface area contributed by atoms with Crippen LogP contribution in [0.4, 0.5) is 5.69 Å². The van der Waals surface area contributed by atoms with Gasteiger partial charge in [0.2, 0.25) is 0 Å². The average molecular weight is 330 g/mol. The summed E-state index contributed by atoms with van der Waals surface area (Å²) in [7, 11) is 0. The largest absolute Gasteiger partial charge is 0.384 e. The van der Waals surface area contributed by atoms with E-state index in [2.05, 4.69) is 24.4 Å². The van der Waals surface area contributed by atoms with Gasteiger partial charge in [0, 0.05) is 17.8 Å². The molecule has 0 atom stereocenters. The molecule has 2 nitrogen and oxygen atoms in total. The van der Waals surface area contributed by atoms with Gasteiger partial charge in [-0.3, -0.25) is 4.79 Å². The van der Waals surface area contributed by atoms with Crippen molar-refractivity contribution < 1.29 is 4.79 Å². The summed E-state index contributed by atoms with van der Waals surface area (Å²) >= 11 is 0. The Bertz CT molecular complexity index is 453. The Labute approximate surface area is 148 Å². The van der Waals surface area contributed by atoms with E-state index in [-0.39, 0.29) is 0 Å². The number of rotatable bonds is 15. The van der Waals surface area contributed by atoms with Gasteiger partial charge in [-0.2, -0.15) is 0 Å². The van der Waals surface area contributed by atoms with Crippen molar-refractivity contribution in [1.82, 2.24) is 0 Å². The minimum Gasteiger partial charge on any atom is -0.384 e. The van der Waals surface area contributed by atoms with E-state index in [1.165, 1.54) is 57.8 Å². The Hall–Kier alpha value is -1.57. The van der Waals surface area contributed by atoms with Crippen LogP contribution in [0.1, 0.15) is 87.9 Å². The maximum absolute atomic E-state index is 10.9. The van der Waals surface area contributed by atoms with Crippen molar-refractivity contribution in [2.75, 3.05) is 11.9 Å². The van der Waals surface area contributed by atoms with Crippen LogP contribution >= 0.6 is 0 Å². The molecule has 0 amide bonds. The average Bonchev–Trinajstić information content (AvgIpc) is 2.62. The standard InChI is InChI=1S/C22H35NO/c1-2-3-4-5-6-7-8-9-10-11-12-13-16-19-23-22-18-15-14-17-21(22)20-24/h11-12,14-15,17-18,20,23H,2-10,13,16,19H2,1H3. The van der Waals surface area contributed by atoms with Gasteiger partial charge in [-0.15, -0.1) is 0 Å². The van der Waals surface area contributed by atoms with Crippen LogP contribution in [-0.2, 0) is 0 Å². The second-order valence-electron chi connectivity index (χ2n) is 6.51. The predicted molar refractivity (Wildman–Crippen MR) is 106 cm³/mol. The molecule has 0 aliphatic rings. The summed E-state index contributed by atoms with van der Waals surface area (Å²) in [6.45, 7) is 3.18. The minimum atomic E-state index is 0.739. The molecular formula is C22H35NO. The van der Waals surface area contributed by atoms with Crippen molar-refractivity contribution in [2.24, 2.45) is 0 Å². The van der Waals surface area contributed by atoms with E-state index >= 15 is 0 Å². The summed E-state index contributed by atoms with van der Waals surface area (Å²) in [5, 5.41) is 3.34. The number of benzene rings is 1. The predicted octanol–water partition coefficient (Wildman–Crippen LogP) is 6.78. The van der Waals surface area contributed by atoms with Crippen LogP contribution in [0.2, 0.25) is 0 Å². The monoisotopic (exact) mass is 329 g/mol. The van der Waals surface area contributed by atoms with Gasteiger partial charge in [0.25, 0.3) is 0 Å². The molecule has 1 rings (SSSR count). The van der Waals surface area contributed by atoms with Crippen molar-refractivity contribution in [3.8, 4) is 0 Å². The fourth-order valence-corrected chi connectivity index (χ4v) is 2.84. The summed E-state index contributed by atoms with van der Waals surface area (Å²) in [6, 6.07) is 7.66. The van der Waals surface area contributed by atoms with E-state index in [9.17, 15) is 4.79 Å². The van der Waals surface area contributed by atoms with Gasteiger partial charge in [0.15, 0.2) is 6.29 Å². The lowest BCUT2D eigenvalue weighted by Crippen LogP contribution is -2.03. The molecule has 0 spiro atoms. The first-order valence-electron chi connectivity index (χ1n) is 9.81. The number of aldehydes is 1. The van der Waals surface area contributed by atoms with Gasteiger partial charge in [0.05, 0.1) is 0 Å². The molecule has 0 aliphatic heterocycles. The zero-order valence-corrected chi connectivity index (χ0v) is 15.4. The van der Waals surface area contributed by atoms with Gasteiger partial charge >= 0.3 is 0 Å². The third-order valence-electron chi connectivity index (χ3n) is 4.34. The van der Waals surface area contributed by atoms with E-state index in [1.54, 1.807) is 0 Å². The van der Waals surface area contributed by atoms with E-state index < -0.39 is 0 Å². The first-order chi connectivity index (χ1) is 11.9. The number of hydrogen-bond donors (Lipinski definition) is 1. The molecule has 0 aromatic heterocycles. The van der Waals surface area contributed by atoms with Crippen molar-refractivity contribution in [2.45, 2.75) is 77.6 Å². The summed E-state index contributed by atoms with van der Waals surface area (Å²) in [5.74, 6) is 0. The lowest BCUT2D eigenvalue weighted by atomic mass is 10.1. The second kappa shape index (κ2) is 15.0. The van der Waals surface area contributed by atoms with Crippen molar-refractivity contribution in [1.29, 1.82) is 0 Å². The molecule has 24 heavy (non-hydrogen) atoms. The number of unbranched alkanes of at least 4 members (excludes halogenated alkanes) is 9. The highest BCUT2D eigenvalue weighted by molar-refractivity contribution is 5.83. The molecule has 0 unspecified atom stereocenters. The van der Waals surface area contributed by atoms with E-state index in [0.717, 1.165) is 36.9 Å². The zero-order valence-electron chi connectivity index (χ0n) is 15.4. The molecule has 1 aromatic rings. The first kappa shape index (κ1) is 20.5. The van der Waals surface area contributed by atoms with Crippen LogP contribution < -0.4 is 5.32 Å². The van der Waals surface area contributed by atoms with Gasteiger partial charge in [-0.25, -0.2) is 0 Å². The topological polar surface area (TPSA) is 29.1 Å². The van der Waals surface area contributed by atoms with Gasteiger partial charge in [-0.1, -0.05) is 76.2 Å². The quantitative estimate of drug-likeness (QED) is 0.218. The highest BCUT2D eigenvalue weighted by atomic mass is 16.1. The lowest BCUT2D eigenvalue weighted by Gasteiger charge is -2.07. The Balaban J connectivity index is 1.92. The van der Waals surface area contributed by atoms with Crippen molar-refractivity contribution in [3.63, 3.8) is 0 Å². The maximum Gasteiger partial charge on any atom is 0.152 e. The number of para-hydroxylation sites is 1. The SMILES string of the molecule is CCCCCCCCCCC=CCCCNc1ccccc1C=O. The molecule has 0 saturated heterocycles. The number of carbonyl (C=O) groups excluding carboxylic acids is 1. The molecule has 0 fully saturated rings. The number of anilines is 1. The Morgan fingerprint density at radius 2 is 1.46 bits per heavy atom. The third kappa shape index (κ3) is 10.3. The zero-order chi connectivity index (χ0) is 17.3. The second-order valence-corrected chi connectivity index (χ2v) is 6.51. The van der Waals surface area contributed by atoms with Crippen molar-refractivity contribution in [3.05, 3.63) is 42.0 Å². The molecule has 0 heterocycles. The van der Waals surface area contributed by atoms with E-state index in [4.69, 9.17) is 0 Å². The minimum absolute atomic E-state index is 0.739. The fourth-order valence-electron chi connectivity index (χ4n) is 2.84. The Morgan fingerprint density at radius 1 is 0.833 bits per heavy atom. The van der Waals surface area contributed by atoms with Crippen LogP contribution in [0, 0.1) is 0 Å². The van der Waals surface area contributed by atoms with E-state index in [1.807, 2.05) is 24.3 Å². The summed E-state index contributed by atoms with van der Waals surface area (Å²) < 4.78 is 0. The summed E-state index contributed by atoms with van der Waals surface area (Å²) in [6.07, 6.45) is 20.1. The molecule has 1 aromatic carbocycles. The van der Waals surface area contributed by atoms with Crippen LogP contribution in [0.5, 0.6) is 0 Å². The van der Waals surface area contributed by atoms with Crippen LogP contribution in [0.25, 0.3) is 0 Å². The van der Waals surface area contributed by atoms with Crippen LogP contribution in [0.15, 0.2) is 36.4 Å². The number of carbonyl (C=O) groups is 1. The Kier molecular flexibility index (Phi) is 12.8. The van der Waals surface area contributed by atoms with Gasteiger partial charge in [-0.05, 0) is 37.8 Å². The van der Waals surface area contributed by atoms with Gasteiger partial charge < -0.3 is 5.32 Å². The fraction of sp³-hybridized carbons (Fsp3) is 0.591. The number of hydrogen-bond acceptors (Lipinski definition) is 2. The highest BCUT2D eigenvalue weighted by Crippen LogP contribution is 2.13. The first-order valence-corrected chi connectivity index (χ1v) is 9.81. The van der Waals surface area contributed by atoms with Crippen LogP contribution in [-0.4, -0.2) is 12.8 Å². The molecule has 0 saturated carbocycles. The number of nitrogens with one attached hydrogen (secondary N) is 1. The highest BCUT2D eigenvalue weighted by Gasteiger charge is 1.98. The molecule has 0 aliphatic carbocycles. The molecule has 0 bridgehead atoms. The molecule has 0 radical (unpaired) electrons. The molecule has 2 heteroatoms. The smallest absolute Gasteiger partial charge is 0.152 e. The maximum atomic E-state index is 10.9. The summed E-state index contributed by atoms with van der Waals surface area (Å²) in [5.41, 5.74) is 1.68. The molecular weight excluding hydrogens is 294 g/mol. The molecule has 1 N–H and O–H groups in total. The third-order valence-corrected chi connectivity index (χ3v) is 4.34. The lowest BCUT2D eigenvalue weighted by molar-refractivity contribution is 0.112. The van der Waals surface area contributed by atoms with Crippen LogP contribution in [0.3, 0.4) is 0 Å². The summed E-state index contributed by atoms with van der Waals surface area (Å²) in [4.78, 5) is 10.9. The van der Waals surface area contributed by atoms with E-state index in [0.29, 0.717) is 0 Å². The Morgan fingerprint density at radius 3 is 2.17 bits per heavy atom. The van der Waals surface area contributed by atoms with Crippen molar-refractivity contribution >= 4 is 12.0 Å². The normalized spacial score (nSPS) is 11.0. The van der Waals surface area contributed by atoms with Gasteiger partial charge in [0.1, 0.15) is 0 Å².